The second kappa shape index (κ2) is 10.9. The molecule has 0 saturated heterocycles. The van der Waals surface area contributed by atoms with Crippen molar-refractivity contribution in [2.24, 2.45) is 11.8 Å². The van der Waals surface area contributed by atoms with Crippen LogP contribution in [-0.2, 0) is 9.59 Å². The maximum absolute atomic E-state index is 12.5. The van der Waals surface area contributed by atoms with Crippen LogP contribution in [0.4, 0.5) is 13.2 Å². The normalized spacial score (nSPS) is 19.4. The van der Waals surface area contributed by atoms with Crippen LogP contribution < -0.4 is 4.74 Å². The molecule has 1 N–H and O–H groups in total. The fourth-order valence-electron chi connectivity index (χ4n) is 3.72. The van der Waals surface area contributed by atoms with Crippen molar-refractivity contribution >= 4 is 17.5 Å². The lowest BCUT2D eigenvalue weighted by Gasteiger charge is -2.15. The largest absolute Gasteiger partial charge is 0.573 e. The summed E-state index contributed by atoms with van der Waals surface area (Å²) in [6.07, 6.45) is 2.76. The number of benzene rings is 1. The van der Waals surface area contributed by atoms with Gasteiger partial charge in [0.05, 0.1) is 5.56 Å². The van der Waals surface area contributed by atoms with Crippen LogP contribution in [0.25, 0.3) is 0 Å². The highest BCUT2D eigenvalue weighted by Crippen LogP contribution is 2.34. The zero-order chi connectivity index (χ0) is 22.1. The number of alkyl halides is 3. The predicted octanol–water partition coefficient (Wildman–Crippen LogP) is 5.34. The summed E-state index contributed by atoms with van der Waals surface area (Å²) in [7, 11) is 0. The van der Waals surface area contributed by atoms with Crippen molar-refractivity contribution in [3.63, 3.8) is 0 Å². The van der Waals surface area contributed by atoms with Gasteiger partial charge in [0.15, 0.2) is 5.78 Å². The van der Waals surface area contributed by atoms with E-state index in [1.165, 1.54) is 24.3 Å². The number of ether oxygens (including phenoxy) is 1. The monoisotopic (exact) mass is 426 g/mol. The third-order valence-corrected chi connectivity index (χ3v) is 5.18. The molecular weight excluding hydrogens is 401 g/mol. The van der Waals surface area contributed by atoms with E-state index in [9.17, 15) is 27.6 Å². The average Bonchev–Trinajstić information content (AvgIpc) is 3.01. The lowest BCUT2D eigenvalue weighted by Crippen LogP contribution is -2.19. The van der Waals surface area contributed by atoms with E-state index in [-0.39, 0.29) is 29.6 Å². The van der Waals surface area contributed by atoms with Gasteiger partial charge in [-0.25, -0.2) is 0 Å². The Morgan fingerprint density at radius 3 is 2.53 bits per heavy atom. The molecule has 0 spiro atoms. The van der Waals surface area contributed by atoms with Gasteiger partial charge in [0.25, 0.3) is 0 Å². The van der Waals surface area contributed by atoms with E-state index in [2.05, 4.69) is 4.74 Å². The summed E-state index contributed by atoms with van der Waals surface area (Å²) in [6.45, 7) is 0. The molecule has 0 heterocycles. The Morgan fingerprint density at radius 1 is 1.13 bits per heavy atom. The van der Waals surface area contributed by atoms with E-state index in [1.807, 2.05) is 0 Å². The third kappa shape index (κ3) is 7.65. The lowest BCUT2D eigenvalue weighted by molar-refractivity contribution is -0.274. The zero-order valence-electron chi connectivity index (χ0n) is 16.5. The highest BCUT2D eigenvalue weighted by Gasteiger charge is 2.34. The molecule has 0 unspecified atom stereocenters. The number of unbranched alkanes of at least 4 members (excludes halogenated alkanes) is 3. The first-order chi connectivity index (χ1) is 14.2. The number of Topliss-reactive ketones (excluding diaryl/α,β-unsaturated/α-hetero) is 1. The standard InChI is InChI=1S/C22H25F3O5/c23-22(24,25)30-20-9-6-5-8-17(20)19(27)14-12-15-11-13-18(26)16(15)7-3-1-2-4-10-21(28)29/h5-6,8-9,12,14-16H,1-4,7,10-11,13H2,(H,28,29)/t15-,16-/m0/s1. The van der Waals surface area contributed by atoms with Crippen LogP contribution in [0.5, 0.6) is 5.75 Å². The summed E-state index contributed by atoms with van der Waals surface area (Å²) in [5, 5.41) is 8.63. The van der Waals surface area contributed by atoms with Gasteiger partial charge in [-0.2, -0.15) is 0 Å². The highest BCUT2D eigenvalue weighted by atomic mass is 19.4. The summed E-state index contributed by atoms with van der Waals surface area (Å²) in [4.78, 5) is 35.1. The van der Waals surface area contributed by atoms with Crippen LogP contribution in [0.2, 0.25) is 0 Å². The average molecular weight is 426 g/mol. The predicted molar refractivity (Wildman–Crippen MR) is 103 cm³/mol. The van der Waals surface area contributed by atoms with E-state index < -0.39 is 23.9 Å². The Labute approximate surface area is 172 Å². The van der Waals surface area contributed by atoms with Crippen molar-refractivity contribution in [1.82, 2.24) is 0 Å². The maximum Gasteiger partial charge on any atom is 0.573 e. The molecular formula is C22H25F3O5. The van der Waals surface area contributed by atoms with Gasteiger partial charge in [0, 0.05) is 18.8 Å². The number of carbonyl (C=O) groups excluding carboxylic acids is 2. The molecule has 2 atom stereocenters. The van der Waals surface area contributed by atoms with Gasteiger partial charge in [-0.05, 0) is 43.4 Å². The molecule has 1 aromatic rings. The molecule has 164 valence electrons. The minimum absolute atomic E-state index is 0.128. The molecule has 1 saturated carbocycles. The number of hydrogen-bond acceptors (Lipinski definition) is 4. The number of hydrogen-bond donors (Lipinski definition) is 1. The second-order valence-electron chi connectivity index (χ2n) is 7.39. The zero-order valence-corrected chi connectivity index (χ0v) is 16.5. The molecule has 1 aliphatic rings. The van der Waals surface area contributed by atoms with E-state index in [1.54, 1.807) is 6.08 Å². The Kier molecular flexibility index (Phi) is 8.62. The smallest absolute Gasteiger partial charge is 0.481 e. The molecule has 1 aromatic carbocycles. The minimum atomic E-state index is -4.90. The first-order valence-electron chi connectivity index (χ1n) is 9.99. The van der Waals surface area contributed by atoms with E-state index in [4.69, 9.17) is 5.11 Å². The van der Waals surface area contributed by atoms with E-state index in [0.29, 0.717) is 25.7 Å². The molecule has 0 amide bonds. The van der Waals surface area contributed by atoms with Crippen LogP contribution in [0.15, 0.2) is 36.4 Å². The van der Waals surface area contributed by atoms with Crippen molar-refractivity contribution in [1.29, 1.82) is 0 Å². The van der Waals surface area contributed by atoms with Crippen molar-refractivity contribution in [3.8, 4) is 5.75 Å². The summed E-state index contributed by atoms with van der Waals surface area (Å²) in [5.74, 6) is -2.20. The van der Waals surface area contributed by atoms with Gasteiger partial charge in [-0.1, -0.05) is 37.5 Å². The van der Waals surface area contributed by atoms with Gasteiger partial charge in [0.1, 0.15) is 11.5 Å². The van der Waals surface area contributed by atoms with E-state index in [0.717, 1.165) is 25.3 Å². The minimum Gasteiger partial charge on any atom is -0.481 e. The fourth-order valence-corrected chi connectivity index (χ4v) is 3.72. The Morgan fingerprint density at radius 2 is 1.83 bits per heavy atom. The van der Waals surface area contributed by atoms with Crippen LogP contribution >= 0.6 is 0 Å². The van der Waals surface area contributed by atoms with Crippen LogP contribution in [-0.4, -0.2) is 29.0 Å². The van der Waals surface area contributed by atoms with Gasteiger partial charge < -0.3 is 9.84 Å². The summed E-state index contributed by atoms with van der Waals surface area (Å²) < 4.78 is 41.5. The molecule has 0 bridgehead atoms. The topological polar surface area (TPSA) is 80.7 Å². The summed E-state index contributed by atoms with van der Waals surface area (Å²) in [5.41, 5.74) is -0.189. The SMILES string of the molecule is O=C(O)CCCCCC[C@@H]1C(=O)CC[C@H]1C=CC(=O)c1ccccc1OC(F)(F)F. The van der Waals surface area contributed by atoms with Crippen LogP contribution in [0, 0.1) is 11.8 Å². The van der Waals surface area contributed by atoms with Crippen molar-refractivity contribution in [2.75, 3.05) is 0 Å². The van der Waals surface area contributed by atoms with Gasteiger partial charge >= 0.3 is 12.3 Å². The van der Waals surface area contributed by atoms with Gasteiger partial charge in [-0.15, -0.1) is 13.2 Å². The molecule has 1 fully saturated rings. The lowest BCUT2D eigenvalue weighted by atomic mass is 9.89. The number of carbonyl (C=O) groups is 3. The fraction of sp³-hybridized carbons (Fsp3) is 0.500. The number of allylic oxidation sites excluding steroid dienone is 2. The molecule has 0 radical (unpaired) electrons. The first-order valence-corrected chi connectivity index (χ1v) is 9.99. The van der Waals surface area contributed by atoms with Crippen LogP contribution in [0.3, 0.4) is 0 Å². The Bertz CT molecular complexity index is 785. The number of rotatable bonds is 11. The molecule has 1 aliphatic carbocycles. The Balaban J connectivity index is 1.93. The maximum atomic E-state index is 12.5. The van der Waals surface area contributed by atoms with Gasteiger partial charge in [-0.3, -0.25) is 14.4 Å². The van der Waals surface area contributed by atoms with E-state index >= 15 is 0 Å². The Hall–Kier alpha value is -2.64. The van der Waals surface area contributed by atoms with Crippen molar-refractivity contribution < 1.29 is 37.4 Å². The highest BCUT2D eigenvalue weighted by molar-refractivity contribution is 6.06. The number of para-hydroxylation sites is 1. The molecule has 30 heavy (non-hydrogen) atoms. The van der Waals surface area contributed by atoms with Gasteiger partial charge in [0.2, 0.25) is 0 Å². The molecule has 2 rings (SSSR count). The molecule has 0 aliphatic heterocycles. The number of ketones is 2. The first kappa shape index (κ1) is 23.6. The van der Waals surface area contributed by atoms with Crippen LogP contribution in [0.1, 0.15) is 61.7 Å². The number of carboxylic acid groups (broad SMARTS) is 1. The number of carboxylic acids is 1. The number of halogens is 3. The summed E-state index contributed by atoms with van der Waals surface area (Å²) >= 11 is 0. The van der Waals surface area contributed by atoms with Crippen molar-refractivity contribution in [2.45, 2.75) is 57.7 Å². The summed E-state index contributed by atoms with van der Waals surface area (Å²) in [6, 6.07) is 5.16. The van der Waals surface area contributed by atoms with Crippen molar-refractivity contribution in [3.05, 3.63) is 42.0 Å². The number of aliphatic carboxylic acids is 1. The molecule has 8 heteroatoms. The quantitative estimate of drug-likeness (QED) is 0.293. The molecule has 5 nitrogen and oxygen atoms in total. The second-order valence-corrected chi connectivity index (χ2v) is 7.39. The molecule has 0 aromatic heterocycles. The third-order valence-electron chi connectivity index (χ3n) is 5.18.